The zero-order valence-electron chi connectivity index (χ0n) is 24.2. The topological polar surface area (TPSA) is 101 Å². The highest BCUT2D eigenvalue weighted by molar-refractivity contribution is 9.10. The number of allylic oxidation sites excluding steroid dienone is 1. The molecule has 1 amide bonds. The normalized spacial score (nSPS) is 14.7. The molecule has 5 rings (SSSR count). The average Bonchev–Trinajstić information content (AvgIpc) is 3.31. The van der Waals surface area contributed by atoms with Gasteiger partial charge in [0, 0.05) is 18.1 Å². The summed E-state index contributed by atoms with van der Waals surface area (Å²) >= 11 is 11.0. The summed E-state index contributed by atoms with van der Waals surface area (Å²) in [6.45, 7) is 7.00. The maximum atomic E-state index is 14.0. The van der Waals surface area contributed by atoms with Crippen LogP contribution in [0, 0.1) is 0 Å². The van der Waals surface area contributed by atoms with Crippen LogP contribution in [-0.4, -0.2) is 39.5 Å². The van der Waals surface area contributed by atoms with Crippen molar-refractivity contribution in [3.05, 3.63) is 129 Å². The Kier molecular flexibility index (Phi) is 9.53. The number of hydrogen-bond acceptors (Lipinski definition) is 6. The lowest BCUT2D eigenvalue weighted by atomic mass is 9.94. The molecule has 1 aliphatic rings. The Morgan fingerprint density at radius 1 is 1.09 bits per heavy atom. The Bertz CT molecular complexity index is 1940. The molecule has 44 heavy (non-hydrogen) atoms. The maximum absolute atomic E-state index is 14.0. The van der Waals surface area contributed by atoms with Crippen LogP contribution in [0.4, 0.5) is 0 Å². The molecule has 0 radical (unpaired) electrons. The summed E-state index contributed by atoms with van der Waals surface area (Å²) < 4.78 is 8.71. The van der Waals surface area contributed by atoms with Crippen molar-refractivity contribution in [1.82, 2.24) is 9.47 Å². The summed E-state index contributed by atoms with van der Waals surface area (Å²) in [6, 6.07) is 18.6. The average molecular weight is 695 g/mol. The number of aromatic carboxylic acids is 1. The molecule has 1 aromatic heterocycles. The largest absolute Gasteiger partial charge is 0.488 e. The lowest BCUT2D eigenvalue weighted by Gasteiger charge is -2.29. The van der Waals surface area contributed by atoms with E-state index in [9.17, 15) is 14.4 Å². The van der Waals surface area contributed by atoms with Gasteiger partial charge < -0.3 is 14.7 Å². The number of aromatic nitrogens is 1. The molecular formula is C33H29BrClN3O5S. The summed E-state index contributed by atoms with van der Waals surface area (Å²) in [4.78, 5) is 45.7. The van der Waals surface area contributed by atoms with Crippen molar-refractivity contribution in [3.63, 3.8) is 0 Å². The van der Waals surface area contributed by atoms with Crippen LogP contribution in [-0.2, 0) is 11.4 Å². The van der Waals surface area contributed by atoms with Gasteiger partial charge in [-0.05, 0) is 95.9 Å². The number of carbonyl (C=O) groups is 2. The molecule has 0 saturated heterocycles. The first-order valence-corrected chi connectivity index (χ1v) is 15.9. The van der Waals surface area contributed by atoms with Gasteiger partial charge in [-0.1, -0.05) is 53.3 Å². The predicted molar refractivity (Wildman–Crippen MR) is 175 cm³/mol. The van der Waals surface area contributed by atoms with Gasteiger partial charge in [0.15, 0.2) is 4.80 Å². The summed E-state index contributed by atoms with van der Waals surface area (Å²) in [5.74, 6) is -0.529. The van der Waals surface area contributed by atoms with Crippen LogP contribution in [0.5, 0.6) is 5.75 Å². The zero-order valence-corrected chi connectivity index (χ0v) is 27.4. The molecule has 4 aromatic rings. The number of carbonyl (C=O) groups excluding carboxylic acids is 1. The standard InChI is InChI=1S/C33H29BrClN3O5S/c1-4-37(5-2)31(40)28-19(3)36-33-38(29(28)22-11-13-24(35)14-12-22)30(39)27(44-33)17-21-8-15-26(25(34)16-21)43-18-20-6-9-23(10-7-20)32(41)42/h6-17,29H,4-5,18H2,1-3H3,(H,41,42)/b27-17+/t29-/m1/s1. The van der Waals surface area contributed by atoms with Gasteiger partial charge in [0.05, 0.1) is 31.9 Å². The smallest absolute Gasteiger partial charge is 0.335 e. The van der Waals surface area contributed by atoms with E-state index in [1.54, 1.807) is 45.9 Å². The Labute approximate surface area is 271 Å². The molecule has 226 valence electrons. The van der Waals surface area contributed by atoms with E-state index in [1.165, 1.54) is 23.5 Å². The molecule has 0 fully saturated rings. The molecule has 0 bridgehead atoms. The van der Waals surface area contributed by atoms with Crippen molar-refractivity contribution in [2.24, 2.45) is 4.99 Å². The van der Waals surface area contributed by atoms with Crippen LogP contribution in [0.15, 0.2) is 92.3 Å². The number of carboxylic acid groups (broad SMARTS) is 1. The van der Waals surface area contributed by atoms with Crippen LogP contribution in [0.1, 0.15) is 53.9 Å². The first kappa shape index (κ1) is 31.4. The summed E-state index contributed by atoms with van der Waals surface area (Å²) in [7, 11) is 0. The molecule has 0 aliphatic carbocycles. The molecule has 0 spiro atoms. The van der Waals surface area contributed by atoms with Crippen LogP contribution < -0.4 is 19.6 Å². The van der Waals surface area contributed by atoms with Crippen LogP contribution in [0.25, 0.3) is 6.08 Å². The molecule has 8 nitrogen and oxygen atoms in total. The SMILES string of the molecule is CCN(CC)C(=O)C1=C(C)N=c2s/c(=C/c3ccc(OCc4ccc(C(=O)O)cc4)c(Br)c3)c(=O)n2[C@@H]1c1ccc(Cl)cc1. The van der Waals surface area contributed by atoms with E-state index < -0.39 is 12.0 Å². The fourth-order valence-electron chi connectivity index (χ4n) is 5.02. The number of benzene rings is 3. The highest BCUT2D eigenvalue weighted by Crippen LogP contribution is 2.32. The minimum atomic E-state index is -0.979. The minimum absolute atomic E-state index is 0.150. The lowest BCUT2D eigenvalue weighted by molar-refractivity contribution is -0.127. The quantitative estimate of drug-likeness (QED) is 0.239. The number of fused-ring (bicyclic) bond motifs is 1. The zero-order chi connectivity index (χ0) is 31.5. The second-order valence-electron chi connectivity index (χ2n) is 10.1. The fourth-order valence-corrected chi connectivity index (χ4v) is 6.70. The Hall–Kier alpha value is -3.99. The van der Waals surface area contributed by atoms with E-state index in [0.717, 1.165) is 16.7 Å². The van der Waals surface area contributed by atoms with Gasteiger partial charge in [0.1, 0.15) is 12.4 Å². The van der Waals surface area contributed by atoms with Crippen LogP contribution >= 0.6 is 38.9 Å². The number of halogens is 2. The number of likely N-dealkylation sites (N-methyl/N-ethyl adjacent to an activating group) is 1. The molecule has 11 heteroatoms. The number of nitrogens with zero attached hydrogens (tertiary/aromatic N) is 3. The van der Waals surface area contributed by atoms with Crippen molar-refractivity contribution in [3.8, 4) is 5.75 Å². The Balaban J connectivity index is 1.49. The van der Waals surface area contributed by atoms with Crippen molar-refractivity contribution in [2.45, 2.75) is 33.4 Å². The van der Waals surface area contributed by atoms with Gasteiger partial charge in [-0.2, -0.15) is 0 Å². The molecule has 2 heterocycles. The second-order valence-corrected chi connectivity index (χ2v) is 12.4. The van der Waals surface area contributed by atoms with Gasteiger partial charge in [-0.15, -0.1) is 0 Å². The third-order valence-electron chi connectivity index (χ3n) is 7.34. The van der Waals surface area contributed by atoms with E-state index in [0.29, 0.717) is 48.9 Å². The van der Waals surface area contributed by atoms with Crippen molar-refractivity contribution >= 4 is 56.8 Å². The highest BCUT2D eigenvalue weighted by Gasteiger charge is 2.34. The molecule has 0 unspecified atom stereocenters. The third kappa shape index (κ3) is 6.43. The minimum Gasteiger partial charge on any atom is -0.488 e. The summed E-state index contributed by atoms with van der Waals surface area (Å²) in [5.41, 5.74) is 3.40. The Morgan fingerprint density at radius 2 is 1.77 bits per heavy atom. The summed E-state index contributed by atoms with van der Waals surface area (Å²) in [5, 5.41) is 9.65. The lowest BCUT2D eigenvalue weighted by Crippen LogP contribution is -2.43. The van der Waals surface area contributed by atoms with E-state index in [4.69, 9.17) is 26.4 Å². The van der Waals surface area contributed by atoms with Crippen molar-refractivity contribution in [1.29, 1.82) is 0 Å². The monoisotopic (exact) mass is 693 g/mol. The van der Waals surface area contributed by atoms with E-state index in [1.807, 2.05) is 45.0 Å². The number of rotatable bonds is 9. The molecule has 1 atom stereocenters. The Morgan fingerprint density at radius 3 is 2.39 bits per heavy atom. The van der Waals surface area contributed by atoms with E-state index in [-0.39, 0.29) is 23.6 Å². The molecule has 0 saturated carbocycles. The molecule has 1 aliphatic heterocycles. The van der Waals surface area contributed by atoms with E-state index >= 15 is 0 Å². The van der Waals surface area contributed by atoms with Crippen molar-refractivity contribution < 1.29 is 19.4 Å². The van der Waals surface area contributed by atoms with Gasteiger partial charge in [0.2, 0.25) is 0 Å². The highest BCUT2D eigenvalue weighted by atomic mass is 79.9. The van der Waals surface area contributed by atoms with Gasteiger partial charge in [0.25, 0.3) is 11.5 Å². The first-order valence-electron chi connectivity index (χ1n) is 13.9. The fraction of sp³-hybridized carbons (Fsp3) is 0.212. The van der Waals surface area contributed by atoms with Crippen LogP contribution in [0.2, 0.25) is 5.02 Å². The molecular weight excluding hydrogens is 666 g/mol. The van der Waals surface area contributed by atoms with E-state index in [2.05, 4.69) is 15.9 Å². The number of amides is 1. The van der Waals surface area contributed by atoms with Crippen LogP contribution in [0.3, 0.4) is 0 Å². The molecule has 3 aromatic carbocycles. The number of ether oxygens (including phenoxy) is 1. The van der Waals surface area contributed by atoms with Gasteiger partial charge >= 0.3 is 5.97 Å². The third-order valence-corrected chi connectivity index (χ3v) is 9.19. The maximum Gasteiger partial charge on any atom is 0.335 e. The van der Waals surface area contributed by atoms with Crippen molar-refractivity contribution in [2.75, 3.05) is 13.1 Å². The van der Waals surface area contributed by atoms with Gasteiger partial charge in [-0.25, -0.2) is 9.79 Å². The summed E-state index contributed by atoms with van der Waals surface area (Å²) in [6.07, 6.45) is 1.80. The number of hydrogen-bond donors (Lipinski definition) is 1. The first-order chi connectivity index (χ1) is 21.1. The second kappa shape index (κ2) is 13.3. The predicted octanol–water partition coefficient (Wildman–Crippen LogP) is 5.80. The van der Waals surface area contributed by atoms with Gasteiger partial charge in [-0.3, -0.25) is 14.2 Å². The number of carboxylic acids is 1. The number of thiazole rings is 1. The molecule has 1 N–H and O–H groups in total.